The normalized spacial score (nSPS) is 18.3. The molecule has 0 aromatic heterocycles. The highest BCUT2D eigenvalue weighted by Crippen LogP contribution is 2.24. The average molecular weight is 388 g/mol. The van der Waals surface area contributed by atoms with Crippen LogP contribution in [0.1, 0.15) is 18.9 Å². The zero-order chi connectivity index (χ0) is 19.6. The average Bonchev–Trinajstić information content (AvgIpc) is 2.93. The Morgan fingerprint density at radius 3 is 2.30 bits per heavy atom. The van der Waals surface area contributed by atoms with E-state index in [4.69, 9.17) is 4.74 Å². The number of carbonyl (C=O) groups excluding carboxylic acids is 1. The maximum Gasteiger partial charge on any atom is 0.334 e. The van der Waals surface area contributed by atoms with Gasteiger partial charge in [0.15, 0.2) is 0 Å². The van der Waals surface area contributed by atoms with E-state index in [9.17, 15) is 23.3 Å². The van der Waals surface area contributed by atoms with Crippen molar-refractivity contribution in [2.24, 2.45) is 0 Å². The van der Waals surface area contributed by atoms with E-state index in [0.29, 0.717) is 17.7 Å². The number of esters is 1. The summed E-state index contributed by atoms with van der Waals surface area (Å²) in [6.07, 6.45) is 2.10. The molecule has 1 unspecified atom stereocenters. The number of nitrogens with zero attached hydrogens (tertiary/aromatic N) is 1. The van der Waals surface area contributed by atoms with Crippen molar-refractivity contribution in [2.45, 2.75) is 24.3 Å². The summed E-state index contributed by atoms with van der Waals surface area (Å²) in [5.74, 6) is -0.342. The number of nitro benzene ring substituents is 1. The van der Waals surface area contributed by atoms with Crippen LogP contribution >= 0.6 is 0 Å². The molecule has 9 heteroatoms. The van der Waals surface area contributed by atoms with Gasteiger partial charge in [-0.3, -0.25) is 14.8 Å². The lowest BCUT2D eigenvalue weighted by molar-refractivity contribution is -0.384. The Hall–Kier alpha value is -3.20. The smallest absolute Gasteiger partial charge is 0.334 e. The van der Waals surface area contributed by atoms with Crippen LogP contribution in [0.3, 0.4) is 0 Å². The number of nitro groups is 1. The Kier molecular flexibility index (Phi) is 4.95. The Balaban J connectivity index is 1.75. The largest absolute Gasteiger partial charge is 0.459 e. The molecule has 1 saturated heterocycles. The monoisotopic (exact) mass is 388 g/mol. The first kappa shape index (κ1) is 18.6. The van der Waals surface area contributed by atoms with Crippen molar-refractivity contribution in [1.82, 2.24) is 0 Å². The van der Waals surface area contributed by atoms with Crippen molar-refractivity contribution >= 4 is 33.4 Å². The molecule has 0 spiro atoms. The number of nitrogens with one attached hydrogen (secondary N) is 1. The fourth-order valence-corrected chi connectivity index (χ4v) is 3.68. The molecule has 0 bridgehead atoms. The molecule has 1 aliphatic rings. The van der Waals surface area contributed by atoms with E-state index in [0.717, 1.165) is 17.7 Å². The molecule has 0 saturated carbocycles. The van der Waals surface area contributed by atoms with E-state index in [-0.39, 0.29) is 22.7 Å². The minimum Gasteiger partial charge on any atom is -0.459 e. The predicted octanol–water partition coefficient (Wildman–Crippen LogP) is 3.11. The van der Waals surface area contributed by atoms with Crippen LogP contribution in [-0.4, -0.2) is 25.4 Å². The van der Waals surface area contributed by atoms with E-state index >= 15 is 0 Å². The molecule has 3 rings (SSSR count). The van der Waals surface area contributed by atoms with Crippen LogP contribution in [0.5, 0.6) is 0 Å². The van der Waals surface area contributed by atoms with Gasteiger partial charge in [0.1, 0.15) is 6.10 Å². The van der Waals surface area contributed by atoms with Gasteiger partial charge in [-0.25, -0.2) is 13.2 Å². The second-order valence-electron chi connectivity index (χ2n) is 6.07. The first-order valence-corrected chi connectivity index (χ1v) is 9.52. The number of anilines is 1. The van der Waals surface area contributed by atoms with Gasteiger partial charge in [-0.2, -0.15) is 0 Å². The number of sulfonamides is 1. The third kappa shape index (κ3) is 4.32. The molecular weight excluding hydrogens is 372 g/mol. The first-order valence-electron chi connectivity index (χ1n) is 8.03. The van der Waals surface area contributed by atoms with Crippen LogP contribution < -0.4 is 4.72 Å². The van der Waals surface area contributed by atoms with Crippen LogP contribution in [-0.2, 0) is 19.6 Å². The van der Waals surface area contributed by atoms with Crippen molar-refractivity contribution in [3.05, 3.63) is 69.8 Å². The summed E-state index contributed by atoms with van der Waals surface area (Å²) in [7, 11) is -3.87. The standard InChI is InChI=1S/C18H16N2O6S/c1-12-10-14(18(21)26-12)11-13-2-4-15(5-3-13)19-27(24,25)17-8-6-16(7-9-17)20(22)23/h2-9,11-12,19H,10H2,1H3. The van der Waals surface area contributed by atoms with E-state index < -0.39 is 14.9 Å². The Labute approximate surface area is 155 Å². The van der Waals surface area contributed by atoms with Crippen molar-refractivity contribution in [1.29, 1.82) is 0 Å². The third-order valence-electron chi connectivity index (χ3n) is 3.94. The van der Waals surface area contributed by atoms with Crippen molar-refractivity contribution in [3.63, 3.8) is 0 Å². The minimum atomic E-state index is -3.87. The summed E-state index contributed by atoms with van der Waals surface area (Å²) in [5, 5.41) is 10.7. The molecule has 1 N–H and O–H groups in total. The molecule has 2 aromatic rings. The molecule has 8 nitrogen and oxygen atoms in total. The van der Waals surface area contributed by atoms with Gasteiger partial charge < -0.3 is 4.74 Å². The molecule has 1 heterocycles. The second kappa shape index (κ2) is 7.20. The fourth-order valence-electron chi connectivity index (χ4n) is 2.62. The summed E-state index contributed by atoms with van der Waals surface area (Å²) in [6, 6.07) is 11.1. The molecule has 2 aromatic carbocycles. The SMILES string of the molecule is CC1CC(=Cc2ccc(NS(=O)(=O)c3ccc([N+](=O)[O-])cc3)cc2)C(=O)O1. The Morgan fingerprint density at radius 1 is 1.15 bits per heavy atom. The second-order valence-corrected chi connectivity index (χ2v) is 7.75. The van der Waals surface area contributed by atoms with E-state index in [1.165, 1.54) is 12.1 Å². The highest BCUT2D eigenvalue weighted by molar-refractivity contribution is 7.92. The molecule has 0 aliphatic carbocycles. The summed E-state index contributed by atoms with van der Waals surface area (Å²) in [4.78, 5) is 21.6. The molecule has 1 atom stereocenters. The lowest BCUT2D eigenvalue weighted by Crippen LogP contribution is -2.12. The van der Waals surface area contributed by atoms with Gasteiger partial charge in [-0.15, -0.1) is 0 Å². The fraction of sp³-hybridized carbons (Fsp3) is 0.167. The first-order chi connectivity index (χ1) is 12.7. The van der Waals surface area contributed by atoms with Gasteiger partial charge in [0.2, 0.25) is 0 Å². The van der Waals surface area contributed by atoms with Gasteiger partial charge in [0.25, 0.3) is 15.7 Å². The molecule has 140 valence electrons. The molecule has 1 fully saturated rings. The number of benzene rings is 2. The van der Waals surface area contributed by atoms with Gasteiger partial charge >= 0.3 is 5.97 Å². The van der Waals surface area contributed by atoms with Gasteiger partial charge in [0, 0.05) is 29.8 Å². The number of non-ortho nitro benzene ring substituents is 1. The molecule has 0 radical (unpaired) electrons. The number of ether oxygens (including phenoxy) is 1. The van der Waals surface area contributed by atoms with Gasteiger partial charge in [0.05, 0.1) is 9.82 Å². The van der Waals surface area contributed by atoms with Gasteiger partial charge in [-0.05, 0) is 42.8 Å². The maximum absolute atomic E-state index is 12.4. The van der Waals surface area contributed by atoms with Crippen molar-refractivity contribution in [3.8, 4) is 0 Å². The van der Waals surface area contributed by atoms with E-state index in [1.54, 1.807) is 30.3 Å². The number of carbonyl (C=O) groups is 1. The lowest BCUT2D eigenvalue weighted by atomic mass is 10.1. The zero-order valence-corrected chi connectivity index (χ0v) is 15.1. The van der Waals surface area contributed by atoms with Crippen LogP contribution in [0.2, 0.25) is 0 Å². The van der Waals surface area contributed by atoms with E-state index in [2.05, 4.69) is 4.72 Å². The number of hydrogen-bond acceptors (Lipinski definition) is 6. The van der Waals surface area contributed by atoms with Crippen LogP contribution in [0.15, 0.2) is 59.0 Å². The number of hydrogen-bond donors (Lipinski definition) is 1. The van der Waals surface area contributed by atoms with Crippen molar-refractivity contribution < 1.29 is 22.9 Å². The van der Waals surface area contributed by atoms with Crippen LogP contribution in [0, 0.1) is 10.1 Å². The molecule has 0 amide bonds. The number of rotatable bonds is 5. The summed E-state index contributed by atoms with van der Waals surface area (Å²) in [5.41, 5.74) is 1.46. The maximum atomic E-state index is 12.4. The van der Waals surface area contributed by atoms with Gasteiger partial charge in [-0.1, -0.05) is 12.1 Å². The molecular formula is C18H16N2O6S. The highest BCUT2D eigenvalue weighted by atomic mass is 32.2. The Bertz CT molecular complexity index is 1010. The Morgan fingerprint density at radius 2 is 1.78 bits per heavy atom. The predicted molar refractivity (Wildman–Crippen MR) is 98.5 cm³/mol. The highest BCUT2D eigenvalue weighted by Gasteiger charge is 2.25. The van der Waals surface area contributed by atoms with Crippen LogP contribution in [0.4, 0.5) is 11.4 Å². The zero-order valence-electron chi connectivity index (χ0n) is 14.3. The molecule has 27 heavy (non-hydrogen) atoms. The van der Waals surface area contributed by atoms with Crippen LogP contribution in [0.25, 0.3) is 6.08 Å². The third-order valence-corrected chi connectivity index (χ3v) is 5.34. The topological polar surface area (TPSA) is 116 Å². The molecule has 1 aliphatic heterocycles. The lowest BCUT2D eigenvalue weighted by Gasteiger charge is -2.08. The summed E-state index contributed by atoms with van der Waals surface area (Å²) < 4.78 is 32.2. The summed E-state index contributed by atoms with van der Waals surface area (Å²) in [6.45, 7) is 1.81. The van der Waals surface area contributed by atoms with E-state index in [1.807, 2.05) is 6.92 Å². The van der Waals surface area contributed by atoms with Crippen molar-refractivity contribution in [2.75, 3.05) is 4.72 Å². The minimum absolute atomic E-state index is 0.0815. The number of cyclic esters (lactones) is 1. The quantitative estimate of drug-likeness (QED) is 0.364. The summed E-state index contributed by atoms with van der Waals surface area (Å²) >= 11 is 0.